The summed E-state index contributed by atoms with van der Waals surface area (Å²) in [7, 11) is 1.49. The SMILES string of the molecule is COc1ccc2ncc(F)c(C(O)CCC3(C(=O)O)CCN(CCCc4cc(F)ccc4F)C3)c2c1. The van der Waals surface area contributed by atoms with E-state index in [0.717, 1.165) is 18.3 Å². The van der Waals surface area contributed by atoms with Crippen LogP contribution in [0.2, 0.25) is 0 Å². The first kappa shape index (κ1) is 25.9. The van der Waals surface area contributed by atoms with Gasteiger partial charge in [-0.25, -0.2) is 13.2 Å². The molecule has 9 heteroatoms. The Labute approximate surface area is 207 Å². The minimum atomic E-state index is -1.22. The first-order valence-electron chi connectivity index (χ1n) is 11.9. The third kappa shape index (κ3) is 5.47. The first-order valence-corrected chi connectivity index (χ1v) is 11.9. The van der Waals surface area contributed by atoms with Crippen LogP contribution in [-0.4, -0.2) is 52.8 Å². The minimum Gasteiger partial charge on any atom is -0.497 e. The summed E-state index contributed by atoms with van der Waals surface area (Å²) in [6.45, 7) is 1.35. The Kier molecular flexibility index (Phi) is 7.80. The molecule has 1 aliphatic rings. The molecule has 2 heterocycles. The van der Waals surface area contributed by atoms with Gasteiger partial charge in [0, 0.05) is 17.5 Å². The molecule has 2 aromatic carbocycles. The van der Waals surface area contributed by atoms with E-state index in [2.05, 4.69) is 4.98 Å². The Bertz CT molecular complexity index is 1260. The number of aliphatic carboxylic acids is 1. The molecule has 0 amide bonds. The largest absolute Gasteiger partial charge is 0.497 e. The van der Waals surface area contributed by atoms with E-state index in [0.29, 0.717) is 54.6 Å². The summed E-state index contributed by atoms with van der Waals surface area (Å²) in [4.78, 5) is 18.3. The van der Waals surface area contributed by atoms with Gasteiger partial charge >= 0.3 is 5.97 Å². The van der Waals surface area contributed by atoms with Crippen molar-refractivity contribution in [1.82, 2.24) is 9.88 Å². The molecule has 0 spiro atoms. The predicted molar refractivity (Wildman–Crippen MR) is 128 cm³/mol. The molecule has 0 aliphatic carbocycles. The Morgan fingerprint density at radius 3 is 2.75 bits per heavy atom. The van der Waals surface area contributed by atoms with Crippen LogP contribution in [0, 0.1) is 22.9 Å². The zero-order valence-electron chi connectivity index (χ0n) is 20.0. The van der Waals surface area contributed by atoms with E-state index in [1.165, 1.54) is 13.2 Å². The van der Waals surface area contributed by atoms with Gasteiger partial charge in [0.1, 0.15) is 23.2 Å². The number of nitrogens with zero attached hydrogens (tertiary/aromatic N) is 2. The second-order valence-electron chi connectivity index (χ2n) is 9.41. The fourth-order valence-corrected chi connectivity index (χ4v) is 5.05. The monoisotopic (exact) mass is 502 g/mol. The summed E-state index contributed by atoms with van der Waals surface area (Å²) in [6.07, 6.45) is 1.33. The number of halogens is 3. The predicted octanol–water partition coefficient (Wildman–Crippen LogP) is 4.88. The number of benzene rings is 2. The van der Waals surface area contributed by atoms with Crippen molar-refractivity contribution < 1.29 is 32.9 Å². The second-order valence-corrected chi connectivity index (χ2v) is 9.41. The van der Waals surface area contributed by atoms with Crippen LogP contribution in [0.25, 0.3) is 10.9 Å². The molecule has 2 unspecified atom stereocenters. The number of methoxy groups -OCH3 is 1. The highest BCUT2D eigenvalue weighted by Gasteiger charge is 2.44. The lowest BCUT2D eigenvalue weighted by Gasteiger charge is -2.26. The molecular weight excluding hydrogens is 473 g/mol. The summed E-state index contributed by atoms with van der Waals surface area (Å²) in [5, 5.41) is 21.4. The topological polar surface area (TPSA) is 82.9 Å². The fourth-order valence-electron chi connectivity index (χ4n) is 5.05. The number of fused-ring (bicyclic) bond motifs is 1. The van der Waals surface area contributed by atoms with E-state index < -0.39 is 34.9 Å². The van der Waals surface area contributed by atoms with Crippen molar-refractivity contribution in [3.8, 4) is 5.75 Å². The molecule has 36 heavy (non-hydrogen) atoms. The zero-order chi connectivity index (χ0) is 25.9. The number of ether oxygens (including phenoxy) is 1. The van der Waals surface area contributed by atoms with Crippen molar-refractivity contribution in [2.75, 3.05) is 26.7 Å². The van der Waals surface area contributed by atoms with Gasteiger partial charge in [0.2, 0.25) is 0 Å². The Hall–Kier alpha value is -3.17. The highest BCUT2D eigenvalue weighted by molar-refractivity contribution is 5.84. The maximum atomic E-state index is 14.7. The van der Waals surface area contributed by atoms with Crippen molar-refractivity contribution in [3.05, 3.63) is 71.2 Å². The Morgan fingerprint density at radius 2 is 2.00 bits per heavy atom. The van der Waals surface area contributed by atoms with Crippen molar-refractivity contribution in [1.29, 1.82) is 0 Å². The van der Waals surface area contributed by atoms with Gasteiger partial charge in [-0.1, -0.05) is 0 Å². The number of aliphatic hydroxyl groups is 1. The summed E-state index contributed by atoms with van der Waals surface area (Å²) in [5.41, 5.74) is -0.209. The molecule has 2 atom stereocenters. The molecule has 0 saturated carbocycles. The van der Waals surface area contributed by atoms with Crippen LogP contribution in [-0.2, 0) is 11.2 Å². The number of aliphatic hydroxyl groups excluding tert-OH is 1. The molecule has 1 aromatic heterocycles. The number of carbonyl (C=O) groups is 1. The van der Waals surface area contributed by atoms with Crippen molar-refractivity contribution in [2.45, 2.75) is 38.2 Å². The molecule has 3 aromatic rings. The molecule has 0 bridgehead atoms. The molecular formula is C27H29F3N2O4. The molecule has 1 fully saturated rings. The number of likely N-dealkylation sites (tertiary alicyclic amines) is 1. The highest BCUT2D eigenvalue weighted by atomic mass is 19.1. The van der Waals surface area contributed by atoms with E-state index in [1.54, 1.807) is 18.2 Å². The summed E-state index contributed by atoms with van der Waals surface area (Å²) >= 11 is 0. The average molecular weight is 503 g/mol. The van der Waals surface area contributed by atoms with Crippen LogP contribution < -0.4 is 4.74 Å². The summed E-state index contributed by atoms with van der Waals surface area (Å²) in [6, 6.07) is 8.33. The normalized spacial score (nSPS) is 19.0. The first-order chi connectivity index (χ1) is 17.2. The summed E-state index contributed by atoms with van der Waals surface area (Å²) in [5.74, 6) is -2.08. The highest BCUT2D eigenvalue weighted by Crippen LogP contribution is 2.39. The standard InChI is InChI=1S/C27H29F3N2O4/c1-36-19-5-7-23-20(14-19)25(22(30)15-31-23)24(33)8-9-27(26(34)35)10-12-32(16-27)11-2-3-17-13-18(28)4-6-21(17)29/h4-7,13-15,24,33H,2-3,8-12,16H2,1H3,(H,34,35). The molecule has 6 nitrogen and oxygen atoms in total. The Balaban J connectivity index is 1.41. The number of carboxylic acid groups (broad SMARTS) is 1. The maximum Gasteiger partial charge on any atom is 0.310 e. The Morgan fingerprint density at radius 1 is 1.19 bits per heavy atom. The van der Waals surface area contributed by atoms with Crippen molar-refractivity contribution in [2.24, 2.45) is 5.41 Å². The number of aryl methyl sites for hydroxylation is 1. The fraction of sp³-hybridized carbons (Fsp3) is 0.407. The van der Waals surface area contributed by atoms with Crippen molar-refractivity contribution >= 4 is 16.9 Å². The van der Waals surface area contributed by atoms with E-state index >= 15 is 0 Å². The number of aromatic nitrogens is 1. The average Bonchev–Trinajstić information content (AvgIpc) is 3.29. The molecule has 4 rings (SSSR count). The lowest BCUT2D eigenvalue weighted by Crippen LogP contribution is -2.35. The molecule has 192 valence electrons. The van der Waals surface area contributed by atoms with E-state index in [-0.39, 0.29) is 24.9 Å². The molecule has 0 radical (unpaired) electrons. The number of hydrogen-bond acceptors (Lipinski definition) is 5. The second kappa shape index (κ2) is 10.8. The van der Waals surface area contributed by atoms with Crippen LogP contribution in [0.5, 0.6) is 5.75 Å². The number of hydrogen-bond donors (Lipinski definition) is 2. The molecule has 2 N–H and O–H groups in total. The van der Waals surface area contributed by atoms with Gasteiger partial charge in [0.15, 0.2) is 0 Å². The van der Waals surface area contributed by atoms with Gasteiger partial charge < -0.3 is 19.8 Å². The molecule has 1 aliphatic heterocycles. The van der Waals surface area contributed by atoms with Gasteiger partial charge in [-0.15, -0.1) is 0 Å². The maximum absolute atomic E-state index is 14.7. The van der Waals surface area contributed by atoms with Crippen LogP contribution >= 0.6 is 0 Å². The minimum absolute atomic E-state index is 0.0574. The van der Waals surface area contributed by atoms with Gasteiger partial charge in [0.05, 0.1) is 30.3 Å². The number of carboxylic acids is 1. The van der Waals surface area contributed by atoms with Crippen LogP contribution in [0.4, 0.5) is 13.2 Å². The lowest BCUT2D eigenvalue weighted by atomic mass is 9.80. The van der Waals surface area contributed by atoms with E-state index in [9.17, 15) is 28.2 Å². The van der Waals surface area contributed by atoms with Crippen molar-refractivity contribution in [3.63, 3.8) is 0 Å². The van der Waals surface area contributed by atoms with E-state index in [1.807, 2.05) is 4.90 Å². The third-order valence-corrected chi connectivity index (χ3v) is 7.11. The van der Waals surface area contributed by atoms with Gasteiger partial charge in [-0.3, -0.25) is 9.78 Å². The lowest BCUT2D eigenvalue weighted by molar-refractivity contribution is -0.149. The van der Waals surface area contributed by atoms with Crippen LogP contribution in [0.15, 0.2) is 42.6 Å². The summed E-state index contributed by atoms with van der Waals surface area (Å²) < 4.78 is 47.2. The number of pyridine rings is 1. The van der Waals surface area contributed by atoms with Crippen LogP contribution in [0.1, 0.15) is 42.9 Å². The zero-order valence-corrected chi connectivity index (χ0v) is 20.0. The van der Waals surface area contributed by atoms with Gasteiger partial charge in [-0.05, 0) is 87.2 Å². The quantitative estimate of drug-likeness (QED) is 0.411. The van der Waals surface area contributed by atoms with Gasteiger partial charge in [-0.2, -0.15) is 0 Å². The smallest absolute Gasteiger partial charge is 0.310 e. The number of rotatable bonds is 10. The van der Waals surface area contributed by atoms with Gasteiger partial charge in [0.25, 0.3) is 0 Å². The third-order valence-electron chi connectivity index (χ3n) is 7.11. The molecule has 1 saturated heterocycles. The van der Waals surface area contributed by atoms with Crippen LogP contribution in [0.3, 0.4) is 0 Å². The van der Waals surface area contributed by atoms with E-state index in [4.69, 9.17) is 4.74 Å².